The molecule has 0 N–H and O–H groups in total. The van der Waals surface area contributed by atoms with Gasteiger partial charge in [-0.25, -0.2) is 0 Å². The largest absolute Gasteiger partial charge is 0.493 e. The number of hydrogen-bond donors (Lipinski definition) is 0. The van der Waals surface area contributed by atoms with Crippen molar-refractivity contribution in [2.45, 2.75) is 0 Å². The summed E-state index contributed by atoms with van der Waals surface area (Å²) in [6.45, 7) is 0. The van der Waals surface area contributed by atoms with Gasteiger partial charge >= 0.3 is 0 Å². The van der Waals surface area contributed by atoms with Crippen LogP contribution in [0.3, 0.4) is 0 Å². The minimum atomic E-state index is -0.523. The van der Waals surface area contributed by atoms with Gasteiger partial charge < -0.3 is 9.47 Å². The minimum Gasteiger partial charge on any atom is -0.493 e. The lowest BCUT2D eigenvalue weighted by Crippen LogP contribution is -1.97. The Hall–Kier alpha value is -2.85. The topological polar surface area (TPSA) is 85.4 Å². The van der Waals surface area contributed by atoms with E-state index >= 15 is 0 Å². The van der Waals surface area contributed by atoms with Gasteiger partial charge in [-0.2, -0.15) is 5.26 Å². The maximum absolute atomic E-state index is 11.3. The Kier molecular flexibility index (Phi) is 5.55. The quantitative estimate of drug-likeness (QED) is 0.327. The number of halogens is 1. The fraction of sp³-hybridized carbons (Fsp3) is 0.118. The molecule has 0 radical (unpaired) electrons. The third-order valence-corrected chi connectivity index (χ3v) is 3.83. The summed E-state index contributed by atoms with van der Waals surface area (Å²) < 4.78 is 11.1. The molecule has 7 heteroatoms. The van der Waals surface area contributed by atoms with E-state index < -0.39 is 4.92 Å². The summed E-state index contributed by atoms with van der Waals surface area (Å²) in [6, 6.07) is 11.9. The Morgan fingerprint density at radius 3 is 2.29 bits per heavy atom. The van der Waals surface area contributed by atoms with E-state index in [0.29, 0.717) is 16.9 Å². The molecule has 0 saturated heterocycles. The smallest absolute Gasteiger partial charge is 0.280 e. The van der Waals surface area contributed by atoms with Crippen LogP contribution in [0.2, 0.25) is 0 Å². The van der Waals surface area contributed by atoms with Crippen LogP contribution in [0.5, 0.6) is 11.5 Å². The molecule has 0 bridgehead atoms. The number of nitrogens with zero attached hydrogens (tertiary/aromatic N) is 2. The average Bonchev–Trinajstić information content (AvgIpc) is 2.59. The first kappa shape index (κ1) is 17.5. The summed E-state index contributed by atoms with van der Waals surface area (Å²) in [4.78, 5) is 10.8. The number of allylic oxidation sites excluding steroid dienone is 1. The molecule has 2 rings (SSSR count). The van der Waals surface area contributed by atoms with Gasteiger partial charge in [-0.05, 0) is 29.8 Å². The van der Waals surface area contributed by atoms with Crippen molar-refractivity contribution in [3.05, 3.63) is 62.1 Å². The Bertz CT molecular complexity index is 839. The molecule has 0 unspecified atom stereocenters. The highest BCUT2D eigenvalue weighted by atomic mass is 79.9. The van der Waals surface area contributed by atoms with Crippen LogP contribution in [0.15, 0.2) is 40.9 Å². The first-order chi connectivity index (χ1) is 11.5. The standard InChI is InChI=1S/C17H13BrN2O4/c1-23-16-8-12(15(20(21)22)9-17(16)24-2)7-13(10-19)11-3-5-14(18)6-4-11/h3-9H,1-2H3/b13-7+. The maximum atomic E-state index is 11.3. The predicted octanol–water partition coefficient (Wildman–Crippen LogP) is 4.44. The lowest BCUT2D eigenvalue weighted by Gasteiger charge is -2.09. The number of nitro groups is 1. The second kappa shape index (κ2) is 7.62. The number of ether oxygens (including phenoxy) is 2. The summed E-state index contributed by atoms with van der Waals surface area (Å²) in [5.74, 6) is 0.603. The number of rotatable bonds is 5. The summed E-state index contributed by atoms with van der Waals surface area (Å²) >= 11 is 3.33. The zero-order valence-electron chi connectivity index (χ0n) is 12.9. The van der Waals surface area contributed by atoms with Crippen LogP contribution < -0.4 is 9.47 Å². The molecule has 0 spiro atoms. The van der Waals surface area contributed by atoms with Crippen LogP contribution >= 0.6 is 15.9 Å². The SMILES string of the molecule is COc1cc(/C=C(\C#N)c2ccc(Br)cc2)c([N+](=O)[O-])cc1OC. The van der Waals surface area contributed by atoms with Gasteiger partial charge in [-0.15, -0.1) is 0 Å². The molecular formula is C17H13BrN2O4. The maximum Gasteiger partial charge on any atom is 0.280 e. The zero-order valence-corrected chi connectivity index (χ0v) is 14.5. The van der Waals surface area contributed by atoms with E-state index in [1.165, 1.54) is 32.4 Å². The Labute approximate surface area is 147 Å². The molecule has 24 heavy (non-hydrogen) atoms. The molecule has 0 amide bonds. The van der Waals surface area contributed by atoms with Crippen molar-refractivity contribution >= 4 is 33.3 Å². The molecule has 0 atom stereocenters. The third kappa shape index (κ3) is 3.73. The predicted molar refractivity (Wildman–Crippen MR) is 93.8 cm³/mol. The van der Waals surface area contributed by atoms with Gasteiger partial charge in [0, 0.05) is 4.47 Å². The average molecular weight is 389 g/mol. The first-order valence-electron chi connectivity index (χ1n) is 6.78. The van der Waals surface area contributed by atoms with Crippen LogP contribution in [-0.4, -0.2) is 19.1 Å². The first-order valence-corrected chi connectivity index (χ1v) is 7.57. The summed E-state index contributed by atoms with van der Waals surface area (Å²) in [5.41, 5.74) is 1.05. The van der Waals surface area contributed by atoms with Gasteiger partial charge in [-0.1, -0.05) is 28.1 Å². The molecule has 0 fully saturated rings. The summed E-state index contributed by atoms with van der Waals surface area (Å²) in [6.07, 6.45) is 1.46. The lowest BCUT2D eigenvalue weighted by molar-refractivity contribution is -0.385. The normalized spacial score (nSPS) is 10.8. The van der Waals surface area contributed by atoms with E-state index in [1.807, 2.05) is 0 Å². The van der Waals surface area contributed by atoms with Crippen molar-refractivity contribution in [3.8, 4) is 17.6 Å². The molecule has 0 aromatic heterocycles. The molecular weight excluding hydrogens is 376 g/mol. The van der Waals surface area contributed by atoms with Crippen molar-refractivity contribution in [3.63, 3.8) is 0 Å². The van der Waals surface area contributed by atoms with Crippen molar-refractivity contribution < 1.29 is 14.4 Å². The van der Waals surface area contributed by atoms with Crippen molar-refractivity contribution in [2.24, 2.45) is 0 Å². The Morgan fingerprint density at radius 2 is 1.79 bits per heavy atom. The van der Waals surface area contributed by atoms with Crippen molar-refractivity contribution in [2.75, 3.05) is 14.2 Å². The second-order valence-electron chi connectivity index (χ2n) is 4.70. The number of methoxy groups -OCH3 is 2. The number of nitro benzene ring substituents is 1. The summed E-state index contributed by atoms with van der Waals surface area (Å²) in [5, 5.41) is 20.7. The summed E-state index contributed by atoms with van der Waals surface area (Å²) in [7, 11) is 2.84. The Balaban J connectivity index is 2.62. The lowest BCUT2D eigenvalue weighted by atomic mass is 10.0. The van der Waals surface area contributed by atoms with Gasteiger partial charge in [-0.3, -0.25) is 10.1 Å². The monoisotopic (exact) mass is 388 g/mol. The molecule has 0 aliphatic heterocycles. The van der Waals surface area contributed by atoms with Crippen LogP contribution in [0.4, 0.5) is 5.69 Å². The van der Waals surface area contributed by atoms with E-state index in [-0.39, 0.29) is 17.0 Å². The molecule has 2 aromatic carbocycles. The van der Waals surface area contributed by atoms with E-state index in [0.717, 1.165) is 4.47 Å². The van der Waals surface area contributed by atoms with Gasteiger partial charge in [0.1, 0.15) is 0 Å². The second-order valence-corrected chi connectivity index (χ2v) is 5.62. The van der Waals surface area contributed by atoms with E-state index in [9.17, 15) is 15.4 Å². The molecule has 122 valence electrons. The number of nitriles is 1. The van der Waals surface area contributed by atoms with Gasteiger partial charge in [0.25, 0.3) is 5.69 Å². The fourth-order valence-electron chi connectivity index (χ4n) is 2.12. The van der Waals surface area contributed by atoms with Crippen molar-refractivity contribution in [1.82, 2.24) is 0 Å². The van der Waals surface area contributed by atoms with Gasteiger partial charge in [0.15, 0.2) is 11.5 Å². The van der Waals surface area contributed by atoms with Crippen LogP contribution in [-0.2, 0) is 0 Å². The molecule has 0 aliphatic rings. The Morgan fingerprint density at radius 1 is 1.21 bits per heavy atom. The van der Waals surface area contributed by atoms with Crippen LogP contribution in [0, 0.1) is 21.4 Å². The molecule has 2 aromatic rings. The van der Waals surface area contributed by atoms with E-state index in [1.54, 1.807) is 24.3 Å². The van der Waals surface area contributed by atoms with E-state index in [2.05, 4.69) is 22.0 Å². The fourth-order valence-corrected chi connectivity index (χ4v) is 2.39. The van der Waals surface area contributed by atoms with Crippen LogP contribution in [0.25, 0.3) is 11.6 Å². The highest BCUT2D eigenvalue weighted by molar-refractivity contribution is 9.10. The van der Waals surface area contributed by atoms with Gasteiger partial charge in [0.05, 0.1) is 42.4 Å². The van der Waals surface area contributed by atoms with E-state index in [4.69, 9.17) is 9.47 Å². The van der Waals surface area contributed by atoms with Crippen molar-refractivity contribution in [1.29, 1.82) is 5.26 Å². The zero-order chi connectivity index (χ0) is 17.7. The molecule has 6 nitrogen and oxygen atoms in total. The molecule has 0 aliphatic carbocycles. The molecule has 0 heterocycles. The highest BCUT2D eigenvalue weighted by Gasteiger charge is 2.19. The van der Waals surface area contributed by atoms with Gasteiger partial charge in [0.2, 0.25) is 0 Å². The third-order valence-electron chi connectivity index (χ3n) is 3.31. The van der Waals surface area contributed by atoms with Crippen LogP contribution in [0.1, 0.15) is 11.1 Å². The number of hydrogen-bond acceptors (Lipinski definition) is 5. The highest BCUT2D eigenvalue weighted by Crippen LogP contribution is 2.36. The minimum absolute atomic E-state index is 0.169. The molecule has 0 saturated carbocycles. The number of benzene rings is 2.